The third kappa shape index (κ3) is 6.92. The minimum atomic E-state index is -1.14. The number of carbonyl (C=O) groups excluding carboxylic acids is 1. The van der Waals surface area contributed by atoms with Gasteiger partial charge in [-0.15, -0.1) is 0 Å². The molecule has 1 amide bonds. The Morgan fingerprint density at radius 2 is 1.96 bits per heavy atom. The van der Waals surface area contributed by atoms with Crippen molar-refractivity contribution in [1.29, 1.82) is 0 Å². The smallest absolute Gasteiger partial charge is 0.352 e. The number of thioether (sulfide) groups is 1. The topological polar surface area (TPSA) is 130 Å². The van der Waals surface area contributed by atoms with Crippen LogP contribution in [0.4, 0.5) is 0 Å². The van der Waals surface area contributed by atoms with Gasteiger partial charge in [0, 0.05) is 11.7 Å². The van der Waals surface area contributed by atoms with Crippen LogP contribution in [0.5, 0.6) is 0 Å². The molecule has 0 aliphatic heterocycles. The van der Waals surface area contributed by atoms with Gasteiger partial charge < -0.3 is 21.3 Å². The number of carbonyl (C=O) groups is 3. The molecule has 1 saturated carbocycles. The number of hydrogen-bond donors (Lipinski definition) is 4. The minimum Gasteiger partial charge on any atom is -0.480 e. The molecule has 136 valence electrons. The van der Waals surface area contributed by atoms with Gasteiger partial charge in [0.1, 0.15) is 11.7 Å². The maximum atomic E-state index is 12.0. The Hall–Kier alpha value is -1.54. The van der Waals surface area contributed by atoms with Gasteiger partial charge in [-0.05, 0) is 36.9 Å². The summed E-state index contributed by atoms with van der Waals surface area (Å²) < 4.78 is 0. The average molecular weight is 358 g/mol. The molecule has 0 spiro atoms. The van der Waals surface area contributed by atoms with E-state index in [9.17, 15) is 14.4 Å². The lowest BCUT2D eigenvalue weighted by atomic mass is 10.1. The van der Waals surface area contributed by atoms with Gasteiger partial charge in [-0.2, -0.15) is 11.8 Å². The van der Waals surface area contributed by atoms with Gasteiger partial charge in [0.25, 0.3) is 0 Å². The molecule has 0 aromatic carbocycles. The normalized spacial score (nSPS) is 20.3. The van der Waals surface area contributed by atoms with Crippen LogP contribution in [0.2, 0.25) is 0 Å². The number of amides is 1. The lowest BCUT2D eigenvalue weighted by Gasteiger charge is -2.08. The molecular weight excluding hydrogens is 332 g/mol. The van der Waals surface area contributed by atoms with E-state index in [4.69, 9.17) is 15.9 Å². The first kappa shape index (κ1) is 20.5. The maximum Gasteiger partial charge on any atom is 0.352 e. The number of hydrogen-bond acceptors (Lipinski definition) is 5. The van der Waals surface area contributed by atoms with Gasteiger partial charge in [0.15, 0.2) is 0 Å². The Kier molecular flexibility index (Phi) is 7.75. The first-order valence-electron chi connectivity index (χ1n) is 7.95. The Bertz CT molecular complexity index is 519. The van der Waals surface area contributed by atoms with E-state index in [-0.39, 0.29) is 22.9 Å². The number of carboxylic acid groups (broad SMARTS) is 2. The standard InChI is InChI=1S/C16H26N2O5S/c1-16(2)8-10(16)13(19)18-12(15(22)23)6-4-3-5-7-24-9-11(17)14(20)21/h6,10-11H,3-5,7-9,17H2,1-2H3,(H,18,19)(H,20,21)(H,22,23)/t10-,11+/m0/s1. The first-order chi connectivity index (χ1) is 11.1. The second kappa shape index (κ2) is 9.08. The van der Waals surface area contributed by atoms with Crippen molar-refractivity contribution < 1.29 is 24.6 Å². The highest BCUT2D eigenvalue weighted by Gasteiger charge is 2.50. The van der Waals surface area contributed by atoms with Crippen LogP contribution in [0.15, 0.2) is 11.8 Å². The fraction of sp³-hybridized carbons (Fsp3) is 0.688. The van der Waals surface area contributed by atoms with E-state index in [1.165, 1.54) is 17.8 Å². The van der Waals surface area contributed by atoms with E-state index < -0.39 is 18.0 Å². The largest absolute Gasteiger partial charge is 0.480 e. The van der Waals surface area contributed by atoms with Crippen LogP contribution >= 0.6 is 11.8 Å². The van der Waals surface area contributed by atoms with Gasteiger partial charge in [0.2, 0.25) is 5.91 Å². The third-order valence-corrected chi connectivity index (χ3v) is 5.20. The molecule has 24 heavy (non-hydrogen) atoms. The van der Waals surface area contributed by atoms with Crippen molar-refractivity contribution in [2.45, 2.75) is 45.6 Å². The second-order valence-electron chi connectivity index (χ2n) is 6.67. The van der Waals surface area contributed by atoms with E-state index >= 15 is 0 Å². The summed E-state index contributed by atoms with van der Waals surface area (Å²) in [6, 6.07) is -0.851. The summed E-state index contributed by atoms with van der Waals surface area (Å²) in [6.07, 6.45) is 4.44. The molecule has 0 heterocycles. The van der Waals surface area contributed by atoms with E-state index in [2.05, 4.69) is 5.32 Å². The van der Waals surface area contributed by atoms with E-state index in [1.54, 1.807) is 0 Å². The van der Waals surface area contributed by atoms with Crippen LogP contribution in [-0.4, -0.2) is 45.6 Å². The summed E-state index contributed by atoms with van der Waals surface area (Å²) in [4.78, 5) is 33.7. The molecule has 0 unspecified atom stereocenters. The molecule has 5 N–H and O–H groups in total. The minimum absolute atomic E-state index is 0.0400. The van der Waals surface area contributed by atoms with Crippen molar-refractivity contribution in [2.75, 3.05) is 11.5 Å². The molecule has 1 rings (SSSR count). The summed E-state index contributed by atoms with van der Waals surface area (Å²) >= 11 is 1.46. The highest BCUT2D eigenvalue weighted by molar-refractivity contribution is 7.99. The lowest BCUT2D eigenvalue weighted by Crippen LogP contribution is -2.32. The van der Waals surface area contributed by atoms with E-state index in [0.717, 1.165) is 25.0 Å². The van der Waals surface area contributed by atoms with Crippen molar-refractivity contribution in [3.05, 3.63) is 11.8 Å². The molecule has 0 aromatic heterocycles. The summed E-state index contributed by atoms with van der Waals surface area (Å²) in [5.74, 6) is -1.37. The highest BCUT2D eigenvalue weighted by Crippen LogP contribution is 2.51. The van der Waals surface area contributed by atoms with Crippen LogP contribution in [0.3, 0.4) is 0 Å². The van der Waals surface area contributed by atoms with Crippen molar-refractivity contribution in [3.8, 4) is 0 Å². The Labute approximate surface area is 146 Å². The third-order valence-electron chi connectivity index (χ3n) is 4.02. The molecule has 1 fully saturated rings. The van der Waals surface area contributed by atoms with E-state index in [0.29, 0.717) is 12.2 Å². The van der Waals surface area contributed by atoms with Crippen LogP contribution in [0.1, 0.15) is 39.5 Å². The number of nitrogens with one attached hydrogen (secondary N) is 1. The van der Waals surface area contributed by atoms with Crippen LogP contribution in [0.25, 0.3) is 0 Å². The number of aliphatic carboxylic acids is 2. The van der Waals surface area contributed by atoms with Gasteiger partial charge in [0.05, 0.1) is 0 Å². The SMILES string of the molecule is CC1(C)C[C@H]1C(=O)NC(=CCCCCSC[C@@H](N)C(=O)O)C(=O)O. The zero-order valence-corrected chi connectivity index (χ0v) is 14.9. The molecule has 1 aliphatic rings. The first-order valence-corrected chi connectivity index (χ1v) is 9.11. The number of nitrogens with two attached hydrogens (primary N) is 1. The fourth-order valence-corrected chi connectivity index (χ4v) is 3.17. The fourth-order valence-electron chi connectivity index (χ4n) is 2.20. The van der Waals surface area contributed by atoms with Gasteiger partial charge in [-0.3, -0.25) is 9.59 Å². The zero-order chi connectivity index (χ0) is 18.3. The van der Waals surface area contributed by atoms with Gasteiger partial charge in [-0.1, -0.05) is 19.9 Å². The molecular formula is C16H26N2O5S. The van der Waals surface area contributed by atoms with Crippen LogP contribution in [0, 0.1) is 11.3 Å². The van der Waals surface area contributed by atoms with Crippen molar-refractivity contribution >= 4 is 29.6 Å². The summed E-state index contributed by atoms with van der Waals surface area (Å²) in [5, 5.41) is 20.3. The maximum absolute atomic E-state index is 12.0. The molecule has 2 atom stereocenters. The Balaban J connectivity index is 2.25. The zero-order valence-electron chi connectivity index (χ0n) is 14.1. The molecule has 0 radical (unpaired) electrons. The van der Waals surface area contributed by atoms with Gasteiger partial charge in [-0.25, -0.2) is 4.79 Å². The predicted octanol–water partition coefficient (Wildman–Crippen LogP) is 1.43. The van der Waals surface area contributed by atoms with E-state index in [1.807, 2.05) is 13.8 Å². The molecule has 8 heteroatoms. The number of allylic oxidation sites excluding steroid dienone is 1. The van der Waals surface area contributed by atoms with Crippen LogP contribution in [-0.2, 0) is 14.4 Å². The monoisotopic (exact) mass is 358 g/mol. The lowest BCUT2D eigenvalue weighted by molar-refractivity contribution is -0.138. The number of unbranched alkanes of at least 4 members (excludes halogenated alkanes) is 2. The quantitative estimate of drug-likeness (QED) is 0.325. The average Bonchev–Trinajstić information content (AvgIpc) is 3.13. The summed E-state index contributed by atoms with van der Waals surface area (Å²) in [6.45, 7) is 3.96. The summed E-state index contributed by atoms with van der Waals surface area (Å²) in [7, 11) is 0. The molecule has 0 bridgehead atoms. The highest BCUT2D eigenvalue weighted by atomic mass is 32.2. The van der Waals surface area contributed by atoms with Crippen molar-refractivity contribution in [3.63, 3.8) is 0 Å². The Morgan fingerprint density at radius 1 is 1.33 bits per heavy atom. The molecule has 1 aliphatic carbocycles. The van der Waals surface area contributed by atoms with Crippen molar-refractivity contribution in [1.82, 2.24) is 5.32 Å². The van der Waals surface area contributed by atoms with Gasteiger partial charge >= 0.3 is 11.9 Å². The number of rotatable bonds is 11. The van der Waals surface area contributed by atoms with Crippen LogP contribution < -0.4 is 11.1 Å². The summed E-state index contributed by atoms with van der Waals surface area (Å²) in [5.41, 5.74) is 5.28. The number of carboxylic acids is 2. The van der Waals surface area contributed by atoms with Crippen molar-refractivity contribution in [2.24, 2.45) is 17.1 Å². The Morgan fingerprint density at radius 3 is 2.46 bits per heavy atom. The molecule has 0 saturated heterocycles. The second-order valence-corrected chi connectivity index (χ2v) is 7.82. The predicted molar refractivity (Wildman–Crippen MR) is 92.5 cm³/mol. The molecule has 7 nitrogen and oxygen atoms in total. The molecule has 0 aromatic rings.